The molecule has 4 heteroatoms. The molecule has 21 heavy (non-hydrogen) atoms. The van der Waals surface area contributed by atoms with Crippen LogP contribution in [0, 0.1) is 5.41 Å². The zero-order chi connectivity index (χ0) is 15.1. The molecule has 0 fully saturated rings. The number of rotatable bonds is 5. The SMILES string of the molecule is N=C/C(=C\N)C(=O)NCc1ccc(-c2ccccc2)cc1. The summed E-state index contributed by atoms with van der Waals surface area (Å²) in [7, 11) is 0. The van der Waals surface area contributed by atoms with Gasteiger partial charge >= 0.3 is 0 Å². The molecule has 0 bridgehead atoms. The van der Waals surface area contributed by atoms with Gasteiger partial charge in [0, 0.05) is 19.0 Å². The van der Waals surface area contributed by atoms with Gasteiger partial charge in [-0.2, -0.15) is 0 Å². The van der Waals surface area contributed by atoms with E-state index in [1.807, 2.05) is 42.5 Å². The lowest BCUT2D eigenvalue weighted by atomic mass is 10.0. The number of nitrogens with two attached hydrogens (primary N) is 1. The molecule has 0 spiro atoms. The van der Waals surface area contributed by atoms with Crippen molar-refractivity contribution < 1.29 is 4.79 Å². The van der Waals surface area contributed by atoms with E-state index < -0.39 is 0 Å². The fourth-order valence-electron chi connectivity index (χ4n) is 1.92. The minimum atomic E-state index is -0.348. The quantitative estimate of drug-likeness (QED) is 0.580. The molecule has 0 aliphatic rings. The highest BCUT2D eigenvalue weighted by Gasteiger charge is 2.05. The Labute approximate surface area is 123 Å². The topological polar surface area (TPSA) is 79.0 Å². The molecule has 0 saturated carbocycles. The van der Waals surface area contributed by atoms with Crippen LogP contribution in [0.4, 0.5) is 0 Å². The molecule has 1 amide bonds. The molecule has 106 valence electrons. The highest BCUT2D eigenvalue weighted by atomic mass is 16.1. The number of nitrogens with one attached hydrogen (secondary N) is 2. The van der Waals surface area contributed by atoms with Crippen LogP contribution in [0.1, 0.15) is 5.56 Å². The van der Waals surface area contributed by atoms with Crippen molar-refractivity contribution in [3.63, 3.8) is 0 Å². The van der Waals surface area contributed by atoms with E-state index in [0.29, 0.717) is 6.54 Å². The first-order valence-corrected chi connectivity index (χ1v) is 6.59. The molecule has 2 aromatic carbocycles. The van der Waals surface area contributed by atoms with Gasteiger partial charge in [-0.05, 0) is 16.7 Å². The van der Waals surface area contributed by atoms with Crippen LogP contribution >= 0.6 is 0 Å². The third-order valence-electron chi connectivity index (χ3n) is 3.11. The molecule has 4 nitrogen and oxygen atoms in total. The van der Waals surface area contributed by atoms with Crippen molar-refractivity contribution in [1.29, 1.82) is 5.41 Å². The Morgan fingerprint density at radius 3 is 2.24 bits per heavy atom. The normalized spacial score (nSPS) is 11.0. The summed E-state index contributed by atoms with van der Waals surface area (Å²) in [5.41, 5.74) is 8.69. The summed E-state index contributed by atoms with van der Waals surface area (Å²) in [4.78, 5) is 11.7. The molecule has 0 aliphatic carbocycles. The summed E-state index contributed by atoms with van der Waals surface area (Å²) in [6.07, 6.45) is 2.06. The van der Waals surface area contributed by atoms with Crippen molar-refractivity contribution in [2.24, 2.45) is 5.73 Å². The Bertz CT molecular complexity index is 645. The third kappa shape index (κ3) is 3.79. The van der Waals surface area contributed by atoms with Crippen LogP contribution < -0.4 is 11.1 Å². The lowest BCUT2D eigenvalue weighted by Gasteiger charge is -2.07. The number of carbonyl (C=O) groups is 1. The second-order valence-corrected chi connectivity index (χ2v) is 4.51. The highest BCUT2D eigenvalue weighted by Crippen LogP contribution is 2.19. The van der Waals surface area contributed by atoms with Crippen molar-refractivity contribution in [3.8, 4) is 11.1 Å². The number of hydrogen-bond donors (Lipinski definition) is 3. The first-order valence-electron chi connectivity index (χ1n) is 6.59. The first-order chi connectivity index (χ1) is 10.2. The van der Waals surface area contributed by atoms with E-state index >= 15 is 0 Å². The minimum Gasteiger partial charge on any atom is -0.404 e. The van der Waals surface area contributed by atoms with E-state index in [2.05, 4.69) is 17.4 Å². The van der Waals surface area contributed by atoms with Gasteiger partial charge in [-0.15, -0.1) is 0 Å². The van der Waals surface area contributed by atoms with Gasteiger partial charge in [0.2, 0.25) is 0 Å². The van der Waals surface area contributed by atoms with E-state index in [0.717, 1.165) is 29.1 Å². The van der Waals surface area contributed by atoms with Gasteiger partial charge in [-0.3, -0.25) is 4.79 Å². The number of hydrogen-bond acceptors (Lipinski definition) is 3. The van der Waals surface area contributed by atoms with Crippen LogP contribution in [0.25, 0.3) is 11.1 Å². The highest BCUT2D eigenvalue weighted by molar-refractivity contribution is 6.11. The molecule has 0 heterocycles. The van der Waals surface area contributed by atoms with Crippen LogP contribution in [0.3, 0.4) is 0 Å². The fraction of sp³-hybridized carbons (Fsp3) is 0.0588. The van der Waals surface area contributed by atoms with E-state index in [4.69, 9.17) is 11.1 Å². The standard InChI is InChI=1S/C17H17N3O/c18-10-16(11-19)17(21)20-12-13-6-8-15(9-7-13)14-4-2-1-3-5-14/h1-11,18H,12,19H2,(H,20,21)/b16-11+,18-10?. The number of carbonyl (C=O) groups excluding carboxylic acids is 1. The third-order valence-corrected chi connectivity index (χ3v) is 3.11. The summed E-state index contributed by atoms with van der Waals surface area (Å²) in [5, 5.41) is 9.78. The number of amides is 1. The van der Waals surface area contributed by atoms with Crippen LogP contribution in [0.2, 0.25) is 0 Å². The molecule has 0 atom stereocenters. The van der Waals surface area contributed by atoms with E-state index in [1.165, 1.54) is 0 Å². The molecule has 0 saturated heterocycles. The molecule has 0 aromatic heterocycles. The zero-order valence-corrected chi connectivity index (χ0v) is 11.5. The Morgan fingerprint density at radius 2 is 1.67 bits per heavy atom. The summed E-state index contributed by atoms with van der Waals surface area (Å²) in [6, 6.07) is 18.1. The largest absolute Gasteiger partial charge is 0.404 e. The van der Waals surface area contributed by atoms with Crippen molar-refractivity contribution in [1.82, 2.24) is 5.32 Å². The predicted molar refractivity (Wildman–Crippen MR) is 84.8 cm³/mol. The maximum absolute atomic E-state index is 11.7. The Kier molecular flexibility index (Phi) is 4.88. The van der Waals surface area contributed by atoms with Gasteiger partial charge in [0.25, 0.3) is 5.91 Å². The van der Waals surface area contributed by atoms with Crippen LogP contribution in [0.5, 0.6) is 0 Å². The summed E-state index contributed by atoms with van der Waals surface area (Å²) in [6.45, 7) is 0.402. The van der Waals surface area contributed by atoms with Crippen molar-refractivity contribution in [2.45, 2.75) is 6.54 Å². The van der Waals surface area contributed by atoms with Gasteiger partial charge in [0.1, 0.15) is 0 Å². The van der Waals surface area contributed by atoms with Crippen LogP contribution in [-0.4, -0.2) is 12.1 Å². The van der Waals surface area contributed by atoms with Gasteiger partial charge in [-0.1, -0.05) is 54.6 Å². The van der Waals surface area contributed by atoms with Gasteiger partial charge in [0.05, 0.1) is 5.57 Å². The minimum absolute atomic E-state index is 0.149. The predicted octanol–water partition coefficient (Wildman–Crippen LogP) is 2.46. The first kappa shape index (κ1) is 14.5. The van der Waals surface area contributed by atoms with Gasteiger partial charge < -0.3 is 16.5 Å². The Balaban J connectivity index is 2.00. The smallest absolute Gasteiger partial charge is 0.254 e. The molecule has 4 N–H and O–H groups in total. The zero-order valence-electron chi connectivity index (χ0n) is 11.5. The molecule has 2 rings (SSSR count). The maximum Gasteiger partial charge on any atom is 0.254 e. The van der Waals surface area contributed by atoms with Crippen molar-refractivity contribution in [3.05, 3.63) is 71.9 Å². The Morgan fingerprint density at radius 1 is 1.05 bits per heavy atom. The second kappa shape index (κ2) is 7.05. The fourth-order valence-corrected chi connectivity index (χ4v) is 1.92. The Hall–Kier alpha value is -2.88. The lowest BCUT2D eigenvalue weighted by Crippen LogP contribution is -2.25. The monoisotopic (exact) mass is 279 g/mol. The van der Waals surface area contributed by atoms with Crippen molar-refractivity contribution >= 4 is 12.1 Å². The summed E-state index contributed by atoms with van der Waals surface area (Å²) >= 11 is 0. The van der Waals surface area contributed by atoms with E-state index in [-0.39, 0.29) is 11.5 Å². The molecule has 0 aliphatic heterocycles. The second-order valence-electron chi connectivity index (χ2n) is 4.51. The lowest BCUT2D eigenvalue weighted by molar-refractivity contribution is -0.117. The van der Waals surface area contributed by atoms with Crippen molar-refractivity contribution in [2.75, 3.05) is 0 Å². The maximum atomic E-state index is 11.7. The molecule has 0 unspecified atom stereocenters. The van der Waals surface area contributed by atoms with E-state index in [9.17, 15) is 4.79 Å². The average molecular weight is 279 g/mol. The molecular weight excluding hydrogens is 262 g/mol. The van der Waals surface area contributed by atoms with Gasteiger partial charge in [-0.25, -0.2) is 0 Å². The van der Waals surface area contributed by atoms with Crippen LogP contribution in [0.15, 0.2) is 66.4 Å². The van der Waals surface area contributed by atoms with Gasteiger partial charge in [0.15, 0.2) is 0 Å². The molecule has 0 radical (unpaired) electrons. The van der Waals surface area contributed by atoms with Crippen LogP contribution in [-0.2, 0) is 11.3 Å². The number of benzene rings is 2. The average Bonchev–Trinajstić information content (AvgIpc) is 2.55. The molecular formula is C17H17N3O. The molecule has 2 aromatic rings. The summed E-state index contributed by atoms with van der Waals surface area (Å²) in [5.74, 6) is -0.348. The summed E-state index contributed by atoms with van der Waals surface area (Å²) < 4.78 is 0. The van der Waals surface area contributed by atoms with E-state index in [1.54, 1.807) is 0 Å².